The SMILES string of the molecule is COc1cc(C(N)c2cc3sccc3s2)c(OC)cc1Br. The highest BCUT2D eigenvalue weighted by molar-refractivity contribution is 9.10. The molecule has 2 aromatic heterocycles. The summed E-state index contributed by atoms with van der Waals surface area (Å²) in [6, 6.07) is 7.88. The zero-order chi connectivity index (χ0) is 15.0. The Morgan fingerprint density at radius 2 is 1.86 bits per heavy atom. The molecule has 3 nitrogen and oxygen atoms in total. The number of methoxy groups -OCH3 is 2. The first-order chi connectivity index (χ1) is 10.1. The Bertz CT molecular complexity index is 753. The molecule has 6 heteroatoms. The minimum atomic E-state index is -0.230. The van der Waals surface area contributed by atoms with Crippen LogP contribution in [0.1, 0.15) is 16.5 Å². The van der Waals surface area contributed by atoms with Gasteiger partial charge in [0.25, 0.3) is 0 Å². The highest BCUT2D eigenvalue weighted by Crippen LogP contribution is 2.40. The number of hydrogen-bond donors (Lipinski definition) is 1. The van der Waals surface area contributed by atoms with Crippen molar-refractivity contribution in [3.05, 3.63) is 44.6 Å². The van der Waals surface area contributed by atoms with Crippen molar-refractivity contribution >= 4 is 48.0 Å². The van der Waals surface area contributed by atoms with Gasteiger partial charge in [0.2, 0.25) is 0 Å². The van der Waals surface area contributed by atoms with Crippen molar-refractivity contribution < 1.29 is 9.47 Å². The number of halogens is 1. The van der Waals surface area contributed by atoms with Crippen molar-refractivity contribution in [3.63, 3.8) is 0 Å². The van der Waals surface area contributed by atoms with Crippen molar-refractivity contribution in [2.75, 3.05) is 14.2 Å². The van der Waals surface area contributed by atoms with E-state index in [4.69, 9.17) is 15.2 Å². The third-order valence-corrected chi connectivity index (χ3v) is 6.10. The van der Waals surface area contributed by atoms with Crippen LogP contribution in [0.2, 0.25) is 0 Å². The first-order valence-electron chi connectivity index (χ1n) is 6.28. The second-order valence-electron chi connectivity index (χ2n) is 4.50. The van der Waals surface area contributed by atoms with Gasteiger partial charge < -0.3 is 15.2 Å². The van der Waals surface area contributed by atoms with E-state index in [9.17, 15) is 0 Å². The van der Waals surface area contributed by atoms with Gasteiger partial charge in [0.1, 0.15) is 11.5 Å². The summed E-state index contributed by atoms with van der Waals surface area (Å²) in [5, 5.41) is 2.10. The lowest BCUT2D eigenvalue weighted by atomic mass is 10.0. The monoisotopic (exact) mass is 383 g/mol. The minimum Gasteiger partial charge on any atom is -0.496 e. The van der Waals surface area contributed by atoms with E-state index in [1.54, 1.807) is 36.9 Å². The van der Waals surface area contributed by atoms with E-state index in [1.807, 2.05) is 12.1 Å². The van der Waals surface area contributed by atoms with Crippen LogP contribution >= 0.6 is 38.6 Å². The molecule has 0 saturated heterocycles. The number of nitrogens with two attached hydrogens (primary N) is 1. The molecule has 0 radical (unpaired) electrons. The van der Waals surface area contributed by atoms with Crippen LogP contribution in [0.4, 0.5) is 0 Å². The quantitative estimate of drug-likeness (QED) is 0.704. The van der Waals surface area contributed by atoms with Gasteiger partial charge in [0.05, 0.1) is 24.7 Å². The summed E-state index contributed by atoms with van der Waals surface area (Å²) >= 11 is 6.92. The molecule has 1 aromatic carbocycles. The fraction of sp³-hybridized carbons (Fsp3) is 0.200. The van der Waals surface area contributed by atoms with Gasteiger partial charge >= 0.3 is 0 Å². The molecule has 0 aliphatic heterocycles. The summed E-state index contributed by atoms with van der Waals surface area (Å²) in [4.78, 5) is 1.12. The molecule has 110 valence electrons. The van der Waals surface area contributed by atoms with Crippen LogP contribution < -0.4 is 15.2 Å². The number of hydrogen-bond acceptors (Lipinski definition) is 5. The van der Waals surface area contributed by atoms with Gasteiger partial charge in [-0.2, -0.15) is 0 Å². The number of thiophene rings is 2. The third-order valence-electron chi connectivity index (χ3n) is 3.30. The summed E-state index contributed by atoms with van der Waals surface area (Å²) < 4.78 is 14.2. The summed E-state index contributed by atoms with van der Waals surface area (Å²) in [5.74, 6) is 1.51. The highest BCUT2D eigenvalue weighted by Gasteiger charge is 2.19. The van der Waals surface area contributed by atoms with Crippen molar-refractivity contribution in [2.45, 2.75) is 6.04 Å². The lowest BCUT2D eigenvalue weighted by Gasteiger charge is -2.16. The largest absolute Gasteiger partial charge is 0.496 e. The number of ether oxygens (including phenoxy) is 2. The molecule has 3 rings (SSSR count). The molecule has 0 aliphatic carbocycles. The van der Waals surface area contributed by atoms with Crippen molar-refractivity contribution in [3.8, 4) is 11.5 Å². The maximum atomic E-state index is 6.45. The van der Waals surface area contributed by atoms with Gasteiger partial charge in [-0.3, -0.25) is 0 Å². The summed E-state index contributed by atoms with van der Waals surface area (Å²) in [7, 11) is 3.29. The van der Waals surface area contributed by atoms with E-state index in [0.29, 0.717) is 0 Å². The van der Waals surface area contributed by atoms with Gasteiger partial charge in [-0.25, -0.2) is 0 Å². The Morgan fingerprint density at radius 3 is 2.52 bits per heavy atom. The van der Waals surface area contributed by atoms with Crippen LogP contribution in [0.5, 0.6) is 11.5 Å². The van der Waals surface area contributed by atoms with Gasteiger partial charge in [0, 0.05) is 19.8 Å². The van der Waals surface area contributed by atoms with Crippen molar-refractivity contribution in [1.82, 2.24) is 0 Å². The van der Waals surface area contributed by atoms with Crippen LogP contribution in [-0.4, -0.2) is 14.2 Å². The van der Waals surface area contributed by atoms with Gasteiger partial charge in [0.15, 0.2) is 0 Å². The summed E-state index contributed by atoms with van der Waals surface area (Å²) in [6.45, 7) is 0. The molecule has 3 aromatic rings. The highest BCUT2D eigenvalue weighted by atomic mass is 79.9. The predicted molar refractivity (Wildman–Crippen MR) is 93.0 cm³/mol. The standard InChI is InChI=1S/C15H14BrNO2S2/c1-18-10-6-9(16)11(19-2)5-8(10)15(17)14-7-13-12(21-14)3-4-20-13/h3-7,15H,17H2,1-2H3. The second-order valence-corrected chi connectivity index (χ2v) is 7.42. The van der Waals surface area contributed by atoms with Crippen molar-refractivity contribution in [2.24, 2.45) is 5.73 Å². The van der Waals surface area contributed by atoms with Gasteiger partial charge in [-0.15, -0.1) is 22.7 Å². The van der Waals surface area contributed by atoms with E-state index in [1.165, 1.54) is 9.40 Å². The Morgan fingerprint density at radius 1 is 1.10 bits per heavy atom. The molecular weight excluding hydrogens is 370 g/mol. The third kappa shape index (κ3) is 2.68. The molecule has 1 atom stereocenters. The van der Waals surface area contributed by atoms with Crippen LogP contribution in [0.3, 0.4) is 0 Å². The van der Waals surface area contributed by atoms with Gasteiger partial charge in [-0.1, -0.05) is 0 Å². The normalized spacial score (nSPS) is 12.6. The van der Waals surface area contributed by atoms with E-state index >= 15 is 0 Å². The lowest BCUT2D eigenvalue weighted by molar-refractivity contribution is 0.395. The average molecular weight is 384 g/mol. The van der Waals surface area contributed by atoms with E-state index in [2.05, 4.69) is 33.4 Å². The van der Waals surface area contributed by atoms with E-state index < -0.39 is 0 Å². The molecule has 21 heavy (non-hydrogen) atoms. The Hall–Kier alpha value is -1.08. The topological polar surface area (TPSA) is 44.5 Å². The average Bonchev–Trinajstić information content (AvgIpc) is 3.07. The molecule has 0 amide bonds. The summed E-state index contributed by atoms with van der Waals surface area (Å²) in [6.07, 6.45) is 0. The van der Waals surface area contributed by atoms with E-state index in [-0.39, 0.29) is 6.04 Å². The second kappa shape index (κ2) is 5.96. The van der Waals surface area contributed by atoms with Crippen LogP contribution in [-0.2, 0) is 0 Å². The fourth-order valence-electron chi connectivity index (χ4n) is 2.22. The molecule has 0 saturated carbocycles. The molecule has 0 bridgehead atoms. The maximum Gasteiger partial charge on any atom is 0.133 e. The van der Waals surface area contributed by atoms with Crippen LogP contribution in [0.15, 0.2) is 34.1 Å². The first kappa shape index (κ1) is 14.8. The number of rotatable bonds is 4. The maximum absolute atomic E-state index is 6.45. The van der Waals surface area contributed by atoms with E-state index in [0.717, 1.165) is 26.4 Å². The van der Waals surface area contributed by atoms with Crippen LogP contribution in [0.25, 0.3) is 9.40 Å². The zero-order valence-corrected chi connectivity index (χ0v) is 14.8. The van der Waals surface area contributed by atoms with Gasteiger partial charge in [-0.05, 0) is 45.6 Å². The molecule has 0 fully saturated rings. The molecule has 0 aliphatic rings. The first-order valence-corrected chi connectivity index (χ1v) is 8.77. The van der Waals surface area contributed by atoms with Crippen molar-refractivity contribution in [1.29, 1.82) is 0 Å². The summed E-state index contributed by atoms with van der Waals surface area (Å²) in [5.41, 5.74) is 7.38. The molecule has 2 heterocycles. The molecule has 0 spiro atoms. The molecular formula is C15H14BrNO2S2. The van der Waals surface area contributed by atoms with Crippen LogP contribution in [0, 0.1) is 0 Å². The number of fused-ring (bicyclic) bond motifs is 1. The fourth-order valence-corrected chi connectivity index (χ4v) is 4.84. The minimum absolute atomic E-state index is 0.230. The smallest absolute Gasteiger partial charge is 0.133 e. The Labute approximate surface area is 139 Å². The lowest BCUT2D eigenvalue weighted by Crippen LogP contribution is -2.12. The number of benzene rings is 1. The Balaban J connectivity index is 2.07. The molecule has 2 N–H and O–H groups in total. The predicted octanol–water partition coefficient (Wildman–Crippen LogP) is 4.79. The zero-order valence-electron chi connectivity index (χ0n) is 11.6. The Kier molecular flexibility index (Phi) is 4.21. The molecule has 1 unspecified atom stereocenters.